The Kier molecular flexibility index (Phi) is 7.22. The van der Waals surface area contributed by atoms with E-state index in [1.807, 2.05) is 35.2 Å². The van der Waals surface area contributed by atoms with Crippen molar-refractivity contribution >= 4 is 5.97 Å². The van der Waals surface area contributed by atoms with Crippen LogP contribution in [-0.4, -0.2) is 29.1 Å². The molecule has 1 atom stereocenters. The predicted octanol–water partition coefficient (Wildman–Crippen LogP) is 6.17. The van der Waals surface area contributed by atoms with Gasteiger partial charge in [0, 0.05) is 5.56 Å². The summed E-state index contributed by atoms with van der Waals surface area (Å²) in [6.45, 7) is 1.04. The van der Waals surface area contributed by atoms with E-state index in [9.17, 15) is 23.1 Å². The highest BCUT2D eigenvalue weighted by Crippen LogP contribution is 2.42. The molecule has 0 amide bonds. The summed E-state index contributed by atoms with van der Waals surface area (Å²) >= 11 is 0. The second-order valence-corrected chi connectivity index (χ2v) is 8.45. The van der Waals surface area contributed by atoms with Gasteiger partial charge in [0.15, 0.2) is 0 Å². The zero-order valence-electron chi connectivity index (χ0n) is 18.5. The van der Waals surface area contributed by atoms with Crippen LogP contribution in [0.4, 0.5) is 13.2 Å². The van der Waals surface area contributed by atoms with E-state index in [1.54, 1.807) is 30.3 Å². The van der Waals surface area contributed by atoms with Crippen molar-refractivity contribution in [3.63, 3.8) is 0 Å². The van der Waals surface area contributed by atoms with E-state index < -0.39 is 29.7 Å². The first-order valence-electron chi connectivity index (χ1n) is 11.2. The van der Waals surface area contributed by atoms with Crippen LogP contribution in [0.1, 0.15) is 41.1 Å². The number of hydrogen-bond acceptors (Lipinski definition) is 3. The molecule has 1 saturated heterocycles. The van der Waals surface area contributed by atoms with E-state index in [1.165, 1.54) is 12.1 Å². The van der Waals surface area contributed by atoms with Gasteiger partial charge < -0.3 is 9.84 Å². The van der Waals surface area contributed by atoms with Crippen LogP contribution in [-0.2, 0) is 17.6 Å². The third-order valence-electron chi connectivity index (χ3n) is 6.26. The van der Waals surface area contributed by atoms with Gasteiger partial charge in [-0.05, 0) is 49.2 Å². The second-order valence-electron chi connectivity index (χ2n) is 8.45. The molecule has 0 spiro atoms. The Balaban J connectivity index is 1.74. The zero-order chi connectivity index (χ0) is 24.1. The number of likely N-dealkylation sites (tertiary alicyclic amines) is 1. The lowest BCUT2D eigenvalue weighted by Crippen LogP contribution is -2.40. The summed E-state index contributed by atoms with van der Waals surface area (Å²) in [5.41, 5.74) is 1.02. The number of carbonyl (C=O) groups is 1. The number of carboxylic acids is 1. The third-order valence-corrected chi connectivity index (χ3v) is 6.26. The van der Waals surface area contributed by atoms with Crippen LogP contribution in [0, 0.1) is 5.92 Å². The zero-order valence-corrected chi connectivity index (χ0v) is 18.5. The Labute approximate surface area is 196 Å². The molecular formula is C27H26F3NO3. The number of carboxylic acid groups (broad SMARTS) is 1. The number of para-hydroxylation sites is 1. The van der Waals surface area contributed by atoms with Crippen LogP contribution in [0.3, 0.4) is 0 Å². The number of alkyl halides is 3. The van der Waals surface area contributed by atoms with Gasteiger partial charge in [-0.25, -0.2) is 0 Å². The van der Waals surface area contributed by atoms with Gasteiger partial charge in [0.2, 0.25) is 0 Å². The van der Waals surface area contributed by atoms with Crippen molar-refractivity contribution in [2.75, 3.05) is 13.1 Å². The van der Waals surface area contributed by atoms with E-state index in [0.717, 1.165) is 11.6 Å². The Morgan fingerprint density at radius 2 is 1.50 bits per heavy atom. The molecule has 3 aromatic carbocycles. The highest BCUT2D eigenvalue weighted by molar-refractivity contribution is 5.70. The Hall–Kier alpha value is -3.32. The van der Waals surface area contributed by atoms with Crippen molar-refractivity contribution in [1.29, 1.82) is 0 Å². The first-order valence-corrected chi connectivity index (χ1v) is 11.2. The maximum atomic E-state index is 14.0. The number of aliphatic carboxylic acids is 1. The van der Waals surface area contributed by atoms with Gasteiger partial charge in [0.1, 0.15) is 12.4 Å². The van der Waals surface area contributed by atoms with Gasteiger partial charge >= 0.3 is 12.1 Å². The van der Waals surface area contributed by atoms with Crippen molar-refractivity contribution in [3.8, 4) is 5.75 Å². The molecule has 4 nitrogen and oxygen atoms in total. The van der Waals surface area contributed by atoms with Crippen LogP contribution in [0.2, 0.25) is 0 Å². The van der Waals surface area contributed by atoms with E-state index in [4.69, 9.17) is 4.74 Å². The maximum Gasteiger partial charge on any atom is 0.416 e. The molecule has 1 aliphatic heterocycles. The number of ether oxygens (including phenoxy) is 1. The molecule has 1 heterocycles. The molecule has 34 heavy (non-hydrogen) atoms. The minimum Gasteiger partial charge on any atom is -0.489 e. The molecule has 7 heteroatoms. The standard InChI is InChI=1S/C27H26F3NO3/c28-27(29,30)23-12-6-4-10-21(23)25(31-16-14-20(15-17-31)26(32)33)22-11-5-7-13-24(22)34-18-19-8-2-1-3-9-19/h1-13,20,25H,14-18H2,(H,32,33). The second kappa shape index (κ2) is 10.3. The summed E-state index contributed by atoms with van der Waals surface area (Å²) in [6.07, 6.45) is -3.76. The molecule has 0 bridgehead atoms. The van der Waals surface area contributed by atoms with Crippen molar-refractivity contribution in [3.05, 3.63) is 101 Å². The van der Waals surface area contributed by atoms with E-state index in [-0.39, 0.29) is 12.2 Å². The average molecular weight is 470 g/mol. The largest absolute Gasteiger partial charge is 0.489 e. The number of nitrogens with zero attached hydrogens (tertiary/aromatic N) is 1. The lowest BCUT2D eigenvalue weighted by Gasteiger charge is -2.38. The minimum absolute atomic E-state index is 0.138. The molecule has 0 aromatic heterocycles. The molecule has 1 fully saturated rings. The molecule has 0 saturated carbocycles. The van der Waals surface area contributed by atoms with Gasteiger partial charge in [-0.15, -0.1) is 0 Å². The van der Waals surface area contributed by atoms with Crippen LogP contribution in [0.15, 0.2) is 78.9 Å². The third kappa shape index (κ3) is 5.42. The van der Waals surface area contributed by atoms with Crippen LogP contribution < -0.4 is 4.74 Å². The number of rotatable bonds is 7. The molecule has 178 valence electrons. The molecular weight excluding hydrogens is 443 g/mol. The number of hydrogen-bond donors (Lipinski definition) is 1. The summed E-state index contributed by atoms with van der Waals surface area (Å²) in [5.74, 6) is -0.841. The van der Waals surface area contributed by atoms with Gasteiger partial charge in [0.05, 0.1) is 17.5 Å². The summed E-state index contributed by atoms with van der Waals surface area (Å²) in [7, 11) is 0. The monoisotopic (exact) mass is 469 g/mol. The van der Waals surface area contributed by atoms with Crippen molar-refractivity contribution < 1.29 is 27.8 Å². The van der Waals surface area contributed by atoms with Gasteiger partial charge in [-0.2, -0.15) is 13.2 Å². The topological polar surface area (TPSA) is 49.8 Å². The van der Waals surface area contributed by atoms with Gasteiger partial charge in [-0.3, -0.25) is 9.69 Å². The van der Waals surface area contributed by atoms with E-state index in [2.05, 4.69) is 0 Å². The molecule has 0 aliphatic carbocycles. The summed E-state index contributed by atoms with van der Waals surface area (Å²) in [4.78, 5) is 13.4. The lowest BCUT2D eigenvalue weighted by atomic mass is 9.88. The van der Waals surface area contributed by atoms with Crippen molar-refractivity contribution in [2.45, 2.75) is 31.7 Å². The normalized spacial score (nSPS) is 16.2. The quantitative estimate of drug-likeness (QED) is 0.450. The molecule has 4 rings (SSSR count). The van der Waals surface area contributed by atoms with Gasteiger partial charge in [0.25, 0.3) is 0 Å². The molecule has 0 radical (unpaired) electrons. The lowest BCUT2D eigenvalue weighted by molar-refractivity contribution is -0.143. The maximum absolute atomic E-state index is 14.0. The Bertz CT molecular complexity index is 1110. The highest BCUT2D eigenvalue weighted by Gasteiger charge is 2.39. The smallest absolute Gasteiger partial charge is 0.416 e. The van der Waals surface area contributed by atoms with E-state index in [0.29, 0.717) is 37.2 Å². The highest BCUT2D eigenvalue weighted by atomic mass is 19.4. The van der Waals surface area contributed by atoms with Crippen LogP contribution >= 0.6 is 0 Å². The summed E-state index contributed by atoms with van der Waals surface area (Å²) in [5, 5.41) is 9.38. The average Bonchev–Trinajstić information content (AvgIpc) is 2.84. The predicted molar refractivity (Wildman–Crippen MR) is 122 cm³/mol. The number of benzene rings is 3. The molecule has 1 unspecified atom stereocenters. The summed E-state index contributed by atoms with van der Waals surface area (Å²) in [6, 6.07) is 21.6. The van der Waals surface area contributed by atoms with Crippen molar-refractivity contribution in [2.24, 2.45) is 5.92 Å². The SMILES string of the molecule is O=C(O)C1CCN(C(c2ccccc2OCc2ccccc2)c2ccccc2C(F)(F)F)CC1. The van der Waals surface area contributed by atoms with Crippen LogP contribution in [0.25, 0.3) is 0 Å². The van der Waals surface area contributed by atoms with Gasteiger partial charge in [-0.1, -0.05) is 66.7 Å². The van der Waals surface area contributed by atoms with Crippen LogP contribution in [0.5, 0.6) is 5.75 Å². The van der Waals surface area contributed by atoms with Crippen molar-refractivity contribution in [1.82, 2.24) is 4.90 Å². The first kappa shape index (κ1) is 23.8. The number of piperidine rings is 1. The fourth-order valence-corrected chi connectivity index (χ4v) is 4.53. The summed E-state index contributed by atoms with van der Waals surface area (Å²) < 4.78 is 48.1. The molecule has 3 aromatic rings. The molecule has 1 aliphatic rings. The first-order chi connectivity index (χ1) is 16.3. The Morgan fingerprint density at radius 1 is 0.912 bits per heavy atom. The Morgan fingerprint density at radius 3 is 2.15 bits per heavy atom. The van der Waals surface area contributed by atoms with E-state index >= 15 is 0 Å². The molecule has 1 N–H and O–H groups in total. The fraction of sp³-hybridized carbons (Fsp3) is 0.296. The fourth-order valence-electron chi connectivity index (χ4n) is 4.53. The minimum atomic E-state index is -4.52. The number of halogens is 3.